The number of amides is 2. The SMILES string of the molecule is CCCCNC(=O)N(C)c1cccc(-c2ccc(/C=C(\OC)C(=O)O)cn2)c1. The first-order valence-corrected chi connectivity index (χ1v) is 9.03. The maximum atomic E-state index is 12.2. The second-order valence-electron chi connectivity index (χ2n) is 6.19. The van der Waals surface area contributed by atoms with E-state index in [2.05, 4.69) is 17.2 Å². The monoisotopic (exact) mass is 383 g/mol. The zero-order valence-corrected chi connectivity index (χ0v) is 16.3. The Morgan fingerprint density at radius 2 is 2.07 bits per heavy atom. The van der Waals surface area contributed by atoms with Crippen LogP contribution in [0.5, 0.6) is 0 Å². The lowest BCUT2D eigenvalue weighted by molar-refractivity contribution is -0.135. The van der Waals surface area contributed by atoms with Gasteiger partial charge in [0, 0.05) is 31.0 Å². The number of aromatic nitrogens is 1. The Hall–Kier alpha value is -3.35. The summed E-state index contributed by atoms with van der Waals surface area (Å²) in [7, 11) is 3.03. The summed E-state index contributed by atoms with van der Waals surface area (Å²) in [5.74, 6) is -1.30. The van der Waals surface area contributed by atoms with Crippen LogP contribution in [0.2, 0.25) is 0 Å². The van der Waals surface area contributed by atoms with Crippen LogP contribution >= 0.6 is 0 Å². The quantitative estimate of drug-likeness (QED) is 0.411. The van der Waals surface area contributed by atoms with Crippen LogP contribution in [0, 0.1) is 0 Å². The summed E-state index contributed by atoms with van der Waals surface area (Å²) in [5, 5.41) is 11.9. The van der Waals surface area contributed by atoms with Gasteiger partial charge in [-0.2, -0.15) is 0 Å². The smallest absolute Gasteiger partial charge is 0.371 e. The number of aliphatic carboxylic acids is 1. The number of urea groups is 1. The molecule has 0 radical (unpaired) electrons. The van der Waals surface area contributed by atoms with Gasteiger partial charge in [0.2, 0.25) is 5.76 Å². The van der Waals surface area contributed by atoms with Crippen LogP contribution in [0.15, 0.2) is 48.4 Å². The summed E-state index contributed by atoms with van der Waals surface area (Å²) in [4.78, 5) is 29.2. The van der Waals surface area contributed by atoms with E-state index < -0.39 is 5.97 Å². The Balaban J connectivity index is 2.17. The molecule has 0 saturated carbocycles. The van der Waals surface area contributed by atoms with Crippen LogP contribution in [0.25, 0.3) is 17.3 Å². The van der Waals surface area contributed by atoms with Crippen LogP contribution in [0.1, 0.15) is 25.3 Å². The molecule has 2 aromatic rings. The van der Waals surface area contributed by atoms with Gasteiger partial charge in [-0.1, -0.05) is 31.5 Å². The number of carbonyl (C=O) groups is 2. The number of carboxylic acid groups (broad SMARTS) is 1. The summed E-state index contributed by atoms with van der Waals surface area (Å²) in [5.41, 5.74) is 2.94. The van der Waals surface area contributed by atoms with Crippen LogP contribution in [0.4, 0.5) is 10.5 Å². The topological polar surface area (TPSA) is 91.8 Å². The number of unbranched alkanes of at least 4 members (excludes halogenated alkanes) is 1. The molecule has 0 fully saturated rings. The van der Waals surface area contributed by atoms with Gasteiger partial charge < -0.3 is 15.2 Å². The Morgan fingerprint density at radius 1 is 1.29 bits per heavy atom. The molecular weight excluding hydrogens is 358 g/mol. The number of hydrogen-bond acceptors (Lipinski definition) is 4. The third kappa shape index (κ3) is 5.57. The van der Waals surface area contributed by atoms with Gasteiger partial charge in [-0.15, -0.1) is 0 Å². The second-order valence-corrected chi connectivity index (χ2v) is 6.19. The molecule has 7 heteroatoms. The molecule has 28 heavy (non-hydrogen) atoms. The molecule has 0 aliphatic heterocycles. The van der Waals surface area contributed by atoms with Crippen molar-refractivity contribution in [1.29, 1.82) is 0 Å². The number of nitrogens with one attached hydrogen (secondary N) is 1. The lowest BCUT2D eigenvalue weighted by Gasteiger charge is -2.18. The average molecular weight is 383 g/mol. The number of nitrogens with zero attached hydrogens (tertiary/aromatic N) is 2. The highest BCUT2D eigenvalue weighted by Crippen LogP contribution is 2.23. The van der Waals surface area contributed by atoms with E-state index in [0.29, 0.717) is 17.8 Å². The van der Waals surface area contributed by atoms with Gasteiger partial charge in [-0.05, 0) is 36.3 Å². The molecule has 1 heterocycles. The second kappa shape index (κ2) is 10.1. The maximum Gasteiger partial charge on any atom is 0.371 e. The Bertz CT molecular complexity index is 847. The van der Waals surface area contributed by atoms with Crippen molar-refractivity contribution in [2.24, 2.45) is 0 Å². The van der Waals surface area contributed by atoms with Crippen molar-refractivity contribution in [3.8, 4) is 11.3 Å². The zero-order valence-electron chi connectivity index (χ0n) is 16.3. The van der Waals surface area contributed by atoms with E-state index in [1.807, 2.05) is 24.3 Å². The minimum absolute atomic E-state index is 0.153. The van der Waals surface area contributed by atoms with Crippen molar-refractivity contribution >= 4 is 23.8 Å². The number of hydrogen-bond donors (Lipinski definition) is 2. The van der Waals surface area contributed by atoms with E-state index in [1.54, 1.807) is 30.3 Å². The van der Waals surface area contributed by atoms with E-state index in [9.17, 15) is 9.59 Å². The van der Waals surface area contributed by atoms with Crippen molar-refractivity contribution < 1.29 is 19.4 Å². The first kappa shape index (κ1) is 21.0. The van der Waals surface area contributed by atoms with Gasteiger partial charge in [0.05, 0.1) is 12.8 Å². The van der Waals surface area contributed by atoms with Crippen LogP contribution in [-0.2, 0) is 9.53 Å². The predicted molar refractivity (Wildman–Crippen MR) is 109 cm³/mol. The van der Waals surface area contributed by atoms with Gasteiger partial charge in [0.25, 0.3) is 0 Å². The lowest BCUT2D eigenvalue weighted by atomic mass is 10.1. The molecule has 1 aromatic heterocycles. The van der Waals surface area contributed by atoms with Gasteiger partial charge in [-0.3, -0.25) is 9.88 Å². The number of benzene rings is 1. The molecule has 0 aliphatic rings. The lowest BCUT2D eigenvalue weighted by Crippen LogP contribution is -2.37. The summed E-state index contributed by atoms with van der Waals surface area (Å²) >= 11 is 0. The number of rotatable bonds is 8. The average Bonchev–Trinajstić information content (AvgIpc) is 2.71. The number of carbonyl (C=O) groups excluding carboxylic acids is 1. The summed E-state index contributed by atoms with van der Waals surface area (Å²) < 4.78 is 4.82. The molecule has 0 spiro atoms. The van der Waals surface area contributed by atoms with Gasteiger partial charge in [0.15, 0.2) is 0 Å². The number of anilines is 1. The molecule has 2 N–H and O–H groups in total. The fourth-order valence-corrected chi connectivity index (χ4v) is 2.50. The number of pyridine rings is 1. The molecule has 1 aromatic carbocycles. The zero-order chi connectivity index (χ0) is 20.5. The van der Waals surface area contributed by atoms with E-state index in [-0.39, 0.29) is 11.8 Å². The normalized spacial score (nSPS) is 11.0. The predicted octanol–water partition coefficient (Wildman–Crippen LogP) is 3.77. The summed E-state index contributed by atoms with van der Waals surface area (Å²) in [6.07, 6.45) is 4.95. The highest BCUT2D eigenvalue weighted by molar-refractivity contribution is 5.92. The molecule has 2 rings (SSSR count). The molecular formula is C21H25N3O4. The number of carboxylic acids is 1. The molecule has 0 atom stereocenters. The van der Waals surface area contributed by atoms with Crippen molar-refractivity contribution in [3.05, 3.63) is 53.9 Å². The molecule has 0 aliphatic carbocycles. The fraction of sp³-hybridized carbons (Fsp3) is 0.286. The molecule has 148 valence electrons. The number of methoxy groups -OCH3 is 1. The minimum Gasteiger partial charge on any atom is -0.490 e. The van der Waals surface area contributed by atoms with E-state index in [4.69, 9.17) is 9.84 Å². The van der Waals surface area contributed by atoms with E-state index >= 15 is 0 Å². The Kier molecular flexibility index (Phi) is 7.56. The van der Waals surface area contributed by atoms with Crippen LogP contribution < -0.4 is 10.2 Å². The van der Waals surface area contributed by atoms with E-state index in [0.717, 1.165) is 24.1 Å². The highest BCUT2D eigenvalue weighted by atomic mass is 16.5. The fourth-order valence-electron chi connectivity index (χ4n) is 2.50. The Labute approximate surface area is 164 Å². The van der Waals surface area contributed by atoms with Crippen molar-refractivity contribution in [3.63, 3.8) is 0 Å². The molecule has 0 saturated heterocycles. The molecule has 7 nitrogen and oxygen atoms in total. The van der Waals surface area contributed by atoms with Crippen LogP contribution in [-0.4, -0.2) is 42.8 Å². The van der Waals surface area contributed by atoms with Crippen molar-refractivity contribution in [1.82, 2.24) is 10.3 Å². The standard InChI is InChI=1S/C21H25N3O4/c1-4-5-11-22-21(27)24(2)17-8-6-7-16(13-17)18-10-9-15(14-23-18)12-19(28-3)20(25)26/h6-10,12-14H,4-5,11H2,1-3H3,(H,22,27)(H,25,26)/b19-12-. The van der Waals surface area contributed by atoms with Gasteiger partial charge >= 0.3 is 12.0 Å². The van der Waals surface area contributed by atoms with E-state index in [1.165, 1.54) is 13.2 Å². The molecule has 0 unspecified atom stereocenters. The Morgan fingerprint density at radius 3 is 2.68 bits per heavy atom. The first-order chi connectivity index (χ1) is 13.5. The van der Waals surface area contributed by atoms with Crippen LogP contribution in [0.3, 0.4) is 0 Å². The molecule has 2 amide bonds. The third-order valence-corrected chi connectivity index (χ3v) is 4.16. The van der Waals surface area contributed by atoms with Gasteiger partial charge in [-0.25, -0.2) is 9.59 Å². The van der Waals surface area contributed by atoms with Gasteiger partial charge in [0.1, 0.15) is 0 Å². The van der Waals surface area contributed by atoms with Crippen molar-refractivity contribution in [2.75, 3.05) is 25.6 Å². The van der Waals surface area contributed by atoms with Crippen molar-refractivity contribution in [2.45, 2.75) is 19.8 Å². The third-order valence-electron chi connectivity index (χ3n) is 4.16. The maximum absolute atomic E-state index is 12.2. The largest absolute Gasteiger partial charge is 0.490 e. The summed E-state index contributed by atoms with van der Waals surface area (Å²) in [6.45, 7) is 2.72. The summed E-state index contributed by atoms with van der Waals surface area (Å²) in [6, 6.07) is 10.9. The number of ether oxygens (including phenoxy) is 1. The molecule has 0 bridgehead atoms. The highest BCUT2D eigenvalue weighted by Gasteiger charge is 2.11. The first-order valence-electron chi connectivity index (χ1n) is 9.03. The minimum atomic E-state index is -1.14.